The van der Waals surface area contributed by atoms with Crippen LogP contribution in [0.2, 0.25) is 0 Å². The van der Waals surface area contributed by atoms with Gasteiger partial charge in [-0.05, 0) is 12.8 Å². The Morgan fingerprint density at radius 2 is 0.895 bits per heavy atom. The molecule has 0 aromatic carbocycles. The fraction of sp³-hybridized carbons (Fsp3) is 0.889. The summed E-state index contributed by atoms with van der Waals surface area (Å²) in [6.45, 7) is 6.05. The van der Waals surface area contributed by atoms with E-state index < -0.39 is 0 Å². The van der Waals surface area contributed by atoms with Crippen molar-refractivity contribution in [3.63, 3.8) is 0 Å². The first-order valence-electron chi connectivity index (χ1n) is 8.52. The predicted octanol–water partition coefficient (Wildman–Crippen LogP) is 6.22. The molecule has 1 heteroatoms. The fourth-order valence-corrected chi connectivity index (χ4v) is 2.48. The van der Waals surface area contributed by atoms with Gasteiger partial charge in [0.15, 0.2) is 0 Å². The van der Waals surface area contributed by atoms with Crippen LogP contribution in [0.4, 0.5) is 0 Å². The maximum absolute atomic E-state index is 3.76. The summed E-state index contributed by atoms with van der Waals surface area (Å²) in [5.41, 5.74) is 0. The quantitative estimate of drug-likeness (QED) is 0.250. The van der Waals surface area contributed by atoms with E-state index in [2.05, 4.69) is 13.5 Å². The molecule has 0 aliphatic carbocycles. The Hall–Kier alpha value is -0.300. The lowest BCUT2D eigenvalue weighted by molar-refractivity contribution is 0.536. The van der Waals surface area contributed by atoms with Crippen LogP contribution in [0.5, 0.6) is 0 Å². The van der Waals surface area contributed by atoms with E-state index in [-0.39, 0.29) is 5.48 Å². The van der Waals surface area contributed by atoms with Crippen LogP contribution in [-0.4, -0.2) is 5.48 Å². The van der Waals surface area contributed by atoms with Gasteiger partial charge < -0.3 is 5.48 Å². The maximum atomic E-state index is 3.76. The zero-order valence-electron chi connectivity index (χ0n) is 13.4. The second kappa shape index (κ2) is 20.0. The molecule has 1 nitrogen and oxygen atoms in total. The summed E-state index contributed by atoms with van der Waals surface area (Å²) >= 11 is 0. The van der Waals surface area contributed by atoms with E-state index in [1.807, 2.05) is 6.08 Å². The molecule has 0 aliphatic heterocycles. The summed E-state index contributed by atoms with van der Waals surface area (Å²) in [6.07, 6.45) is 23.5. The molecule has 0 spiro atoms. The highest BCUT2D eigenvalue weighted by molar-refractivity contribution is 4.65. The number of rotatable bonds is 15. The SMILES string of the molecule is C=CCCCCCCCCCCCCCCCC.O. The zero-order chi connectivity index (χ0) is 13.3. The van der Waals surface area contributed by atoms with Gasteiger partial charge in [-0.1, -0.05) is 96.5 Å². The molecule has 0 amide bonds. The smallest absolute Gasteiger partial charge is 0.0353 e. The Morgan fingerprint density at radius 1 is 0.579 bits per heavy atom. The van der Waals surface area contributed by atoms with Crippen LogP contribution in [0.15, 0.2) is 12.7 Å². The largest absolute Gasteiger partial charge is 0.412 e. The first-order chi connectivity index (χ1) is 8.91. The lowest BCUT2D eigenvalue weighted by Gasteiger charge is -2.02. The highest BCUT2D eigenvalue weighted by atomic mass is 16.0. The minimum absolute atomic E-state index is 0. The average Bonchev–Trinajstić information content (AvgIpc) is 2.39. The topological polar surface area (TPSA) is 31.5 Å². The normalized spacial score (nSPS) is 10.2. The van der Waals surface area contributed by atoms with E-state index in [9.17, 15) is 0 Å². The second-order valence-electron chi connectivity index (χ2n) is 5.67. The molecular weight excluding hydrogens is 232 g/mol. The number of allylic oxidation sites excluding steroid dienone is 1. The number of hydrogen-bond donors (Lipinski definition) is 0. The summed E-state index contributed by atoms with van der Waals surface area (Å²) < 4.78 is 0. The Kier molecular flexibility index (Phi) is 22.1. The summed E-state index contributed by atoms with van der Waals surface area (Å²) in [5, 5.41) is 0. The summed E-state index contributed by atoms with van der Waals surface area (Å²) in [4.78, 5) is 0. The lowest BCUT2D eigenvalue weighted by atomic mass is 10.0. The average molecular weight is 271 g/mol. The lowest BCUT2D eigenvalue weighted by Crippen LogP contribution is -1.83. The molecule has 0 aromatic heterocycles. The maximum Gasteiger partial charge on any atom is -0.0353 e. The second-order valence-corrected chi connectivity index (χ2v) is 5.67. The van der Waals surface area contributed by atoms with Crippen molar-refractivity contribution in [3.8, 4) is 0 Å². The Morgan fingerprint density at radius 3 is 1.21 bits per heavy atom. The standard InChI is InChI=1S/C18H36.H2O/c1-3-5-7-9-11-13-15-17-18-16-14-12-10-8-6-4-2;/h3H,1,4-18H2,2H3;1H2. The molecule has 2 N–H and O–H groups in total. The van der Waals surface area contributed by atoms with Gasteiger partial charge in [0.1, 0.15) is 0 Å². The minimum atomic E-state index is 0. The highest BCUT2D eigenvalue weighted by Gasteiger charge is 1.93. The van der Waals surface area contributed by atoms with E-state index in [1.54, 1.807) is 0 Å². The molecule has 0 bridgehead atoms. The molecule has 0 atom stereocenters. The van der Waals surface area contributed by atoms with Crippen LogP contribution in [0.25, 0.3) is 0 Å². The van der Waals surface area contributed by atoms with Gasteiger partial charge in [-0.2, -0.15) is 0 Å². The van der Waals surface area contributed by atoms with E-state index in [1.165, 1.54) is 96.3 Å². The van der Waals surface area contributed by atoms with Crippen molar-refractivity contribution in [2.45, 2.75) is 103 Å². The van der Waals surface area contributed by atoms with Crippen LogP contribution in [0, 0.1) is 0 Å². The van der Waals surface area contributed by atoms with Crippen molar-refractivity contribution in [2.75, 3.05) is 0 Å². The molecule has 0 radical (unpaired) electrons. The first-order valence-corrected chi connectivity index (χ1v) is 8.52. The third-order valence-electron chi connectivity index (χ3n) is 3.76. The molecule has 0 rings (SSSR count). The molecule has 19 heavy (non-hydrogen) atoms. The Balaban J connectivity index is 0. The molecular formula is C18H38O. The van der Waals surface area contributed by atoms with Gasteiger partial charge in [0.25, 0.3) is 0 Å². The van der Waals surface area contributed by atoms with E-state index >= 15 is 0 Å². The van der Waals surface area contributed by atoms with Crippen molar-refractivity contribution in [3.05, 3.63) is 12.7 Å². The highest BCUT2D eigenvalue weighted by Crippen LogP contribution is 2.13. The molecule has 0 heterocycles. The van der Waals surface area contributed by atoms with Gasteiger partial charge in [0, 0.05) is 0 Å². The van der Waals surface area contributed by atoms with Crippen molar-refractivity contribution < 1.29 is 5.48 Å². The van der Waals surface area contributed by atoms with Crippen LogP contribution in [-0.2, 0) is 0 Å². The fourth-order valence-electron chi connectivity index (χ4n) is 2.48. The van der Waals surface area contributed by atoms with Gasteiger partial charge in [-0.25, -0.2) is 0 Å². The van der Waals surface area contributed by atoms with E-state index in [0.717, 1.165) is 0 Å². The van der Waals surface area contributed by atoms with Crippen LogP contribution in [0.1, 0.15) is 103 Å². The Bertz CT molecular complexity index is 154. The van der Waals surface area contributed by atoms with Crippen LogP contribution < -0.4 is 0 Å². The molecule has 0 saturated heterocycles. The van der Waals surface area contributed by atoms with Gasteiger partial charge in [0.2, 0.25) is 0 Å². The Labute approximate surface area is 122 Å². The predicted molar refractivity (Wildman–Crippen MR) is 88.7 cm³/mol. The van der Waals surface area contributed by atoms with Crippen molar-refractivity contribution >= 4 is 0 Å². The molecule has 0 aliphatic rings. The van der Waals surface area contributed by atoms with Crippen molar-refractivity contribution in [1.29, 1.82) is 0 Å². The molecule has 0 fully saturated rings. The molecule has 116 valence electrons. The molecule has 0 saturated carbocycles. The summed E-state index contributed by atoms with van der Waals surface area (Å²) in [7, 11) is 0. The van der Waals surface area contributed by atoms with Gasteiger partial charge in [-0.3, -0.25) is 0 Å². The first kappa shape index (κ1) is 21.0. The number of hydrogen-bond acceptors (Lipinski definition) is 0. The van der Waals surface area contributed by atoms with Gasteiger partial charge >= 0.3 is 0 Å². The summed E-state index contributed by atoms with van der Waals surface area (Å²) in [6, 6.07) is 0. The van der Waals surface area contributed by atoms with E-state index in [4.69, 9.17) is 0 Å². The molecule has 0 unspecified atom stereocenters. The van der Waals surface area contributed by atoms with Crippen LogP contribution in [0.3, 0.4) is 0 Å². The third-order valence-corrected chi connectivity index (χ3v) is 3.76. The third kappa shape index (κ3) is 20.2. The van der Waals surface area contributed by atoms with E-state index in [0.29, 0.717) is 0 Å². The van der Waals surface area contributed by atoms with Gasteiger partial charge in [-0.15, -0.1) is 6.58 Å². The zero-order valence-corrected chi connectivity index (χ0v) is 13.4. The van der Waals surface area contributed by atoms with Crippen LogP contribution >= 0.6 is 0 Å². The number of unbranched alkanes of at least 4 members (excludes halogenated alkanes) is 14. The monoisotopic (exact) mass is 270 g/mol. The molecule has 0 aromatic rings. The minimum Gasteiger partial charge on any atom is -0.412 e. The van der Waals surface area contributed by atoms with Crippen molar-refractivity contribution in [2.24, 2.45) is 0 Å². The summed E-state index contributed by atoms with van der Waals surface area (Å²) in [5.74, 6) is 0. The van der Waals surface area contributed by atoms with Gasteiger partial charge in [0.05, 0.1) is 0 Å². The van der Waals surface area contributed by atoms with Crippen molar-refractivity contribution in [1.82, 2.24) is 0 Å².